The van der Waals surface area contributed by atoms with E-state index in [1.54, 1.807) is 0 Å². The zero-order valence-electron chi connectivity index (χ0n) is 14.2. The van der Waals surface area contributed by atoms with E-state index < -0.39 is 11.8 Å². The monoisotopic (exact) mass is 325 g/mol. The highest BCUT2D eigenvalue weighted by molar-refractivity contribution is 5.99. The smallest absolute Gasteiger partial charge is 0.272 e. The molecule has 0 spiro atoms. The molecule has 0 aromatic carbocycles. The summed E-state index contributed by atoms with van der Waals surface area (Å²) in [5.74, 6) is -3.33. The molecule has 2 rings (SSSR count). The third-order valence-corrected chi connectivity index (χ3v) is 4.68. The van der Waals surface area contributed by atoms with Crippen molar-refractivity contribution in [3.63, 3.8) is 0 Å². The Bertz CT molecular complexity index is 609. The lowest BCUT2D eigenvalue weighted by Gasteiger charge is -2.27. The van der Waals surface area contributed by atoms with E-state index >= 15 is 0 Å². The third kappa shape index (κ3) is 3.79. The topological polar surface area (TPSA) is 59.2 Å². The number of carbonyl (C=O) groups is 1. The molecular formula is C17H25F2N3O. The van der Waals surface area contributed by atoms with Crippen LogP contribution in [0.25, 0.3) is 0 Å². The van der Waals surface area contributed by atoms with Crippen LogP contribution in [-0.2, 0) is 5.92 Å². The number of halogens is 2. The van der Waals surface area contributed by atoms with Gasteiger partial charge in [0, 0.05) is 31.8 Å². The van der Waals surface area contributed by atoms with Crippen molar-refractivity contribution in [2.24, 2.45) is 11.1 Å². The number of primary amides is 1. The largest absolute Gasteiger partial charge is 0.365 e. The van der Waals surface area contributed by atoms with Gasteiger partial charge in [-0.25, -0.2) is 13.8 Å². The number of pyridine rings is 1. The Morgan fingerprint density at radius 2 is 2.00 bits per heavy atom. The first-order valence-electron chi connectivity index (χ1n) is 7.95. The van der Waals surface area contributed by atoms with Crippen molar-refractivity contribution < 1.29 is 13.6 Å². The molecule has 1 amide bonds. The molecule has 1 fully saturated rings. The molecule has 1 aromatic rings. The van der Waals surface area contributed by atoms with Gasteiger partial charge in [0.2, 0.25) is 0 Å². The summed E-state index contributed by atoms with van der Waals surface area (Å²) in [5.41, 5.74) is 5.80. The standard InChI is InChI=1S/C17H25F2N3O/c1-11-12(17(4,18)19)10-21-15(13(11)14(20)23)22-8-5-6-16(2,3)7-9-22/h10H,5-9H2,1-4H3,(H2,20,23). The highest BCUT2D eigenvalue weighted by Gasteiger charge is 2.32. The van der Waals surface area contributed by atoms with Gasteiger partial charge in [-0.15, -0.1) is 0 Å². The summed E-state index contributed by atoms with van der Waals surface area (Å²) in [7, 11) is 0. The summed E-state index contributed by atoms with van der Waals surface area (Å²) in [5, 5.41) is 0. The summed E-state index contributed by atoms with van der Waals surface area (Å²) >= 11 is 0. The summed E-state index contributed by atoms with van der Waals surface area (Å²) in [6.07, 6.45) is 4.18. The van der Waals surface area contributed by atoms with Crippen molar-refractivity contribution in [3.05, 3.63) is 22.9 Å². The van der Waals surface area contributed by atoms with Gasteiger partial charge in [0.15, 0.2) is 0 Å². The number of rotatable bonds is 3. The second-order valence-electron chi connectivity index (χ2n) is 7.25. The van der Waals surface area contributed by atoms with Gasteiger partial charge in [0.25, 0.3) is 11.8 Å². The van der Waals surface area contributed by atoms with Crippen LogP contribution in [0.5, 0.6) is 0 Å². The van der Waals surface area contributed by atoms with Gasteiger partial charge in [-0.05, 0) is 37.2 Å². The molecule has 1 aliphatic heterocycles. The first-order chi connectivity index (χ1) is 10.5. The second-order valence-corrected chi connectivity index (χ2v) is 7.25. The Morgan fingerprint density at radius 1 is 1.35 bits per heavy atom. The molecule has 0 bridgehead atoms. The fourth-order valence-corrected chi connectivity index (χ4v) is 3.20. The van der Waals surface area contributed by atoms with Crippen molar-refractivity contribution >= 4 is 11.7 Å². The molecule has 1 saturated heterocycles. The van der Waals surface area contributed by atoms with E-state index in [9.17, 15) is 13.6 Å². The van der Waals surface area contributed by atoms with Crippen LogP contribution < -0.4 is 10.6 Å². The third-order valence-electron chi connectivity index (χ3n) is 4.68. The number of nitrogens with zero attached hydrogens (tertiary/aromatic N) is 2. The van der Waals surface area contributed by atoms with Gasteiger partial charge in [0.05, 0.1) is 5.56 Å². The number of anilines is 1. The zero-order chi connectivity index (χ0) is 17.4. The van der Waals surface area contributed by atoms with Gasteiger partial charge in [-0.3, -0.25) is 4.79 Å². The highest BCUT2D eigenvalue weighted by Crippen LogP contribution is 2.36. The molecule has 0 saturated carbocycles. The molecule has 6 heteroatoms. The molecule has 1 aromatic heterocycles. The fourth-order valence-electron chi connectivity index (χ4n) is 3.20. The molecule has 128 valence electrons. The maximum Gasteiger partial charge on any atom is 0.272 e. The average Bonchev–Trinajstić information content (AvgIpc) is 2.57. The van der Waals surface area contributed by atoms with Crippen LogP contribution in [-0.4, -0.2) is 24.0 Å². The average molecular weight is 325 g/mol. The molecule has 0 radical (unpaired) electrons. The second kappa shape index (κ2) is 6.06. The van der Waals surface area contributed by atoms with Crippen LogP contribution in [0, 0.1) is 12.3 Å². The number of alkyl halides is 2. The first-order valence-corrected chi connectivity index (χ1v) is 7.95. The highest BCUT2D eigenvalue weighted by atomic mass is 19.3. The van der Waals surface area contributed by atoms with Gasteiger partial charge < -0.3 is 10.6 Å². The van der Waals surface area contributed by atoms with Crippen LogP contribution in [0.2, 0.25) is 0 Å². The SMILES string of the molecule is Cc1c(C(C)(F)F)cnc(N2CCCC(C)(C)CC2)c1C(N)=O. The van der Waals surface area contributed by atoms with E-state index in [1.165, 1.54) is 13.1 Å². The number of carbonyl (C=O) groups excluding carboxylic acids is 1. The van der Waals surface area contributed by atoms with Gasteiger partial charge in [-0.1, -0.05) is 13.8 Å². The Kier molecular flexibility index (Phi) is 4.64. The lowest BCUT2D eigenvalue weighted by atomic mass is 9.85. The lowest BCUT2D eigenvalue weighted by molar-refractivity contribution is 0.0164. The number of nitrogens with two attached hydrogens (primary N) is 1. The van der Waals surface area contributed by atoms with Crippen LogP contribution in [0.3, 0.4) is 0 Å². The molecule has 2 heterocycles. The van der Waals surface area contributed by atoms with Crippen LogP contribution in [0.15, 0.2) is 6.20 Å². The number of amides is 1. The van der Waals surface area contributed by atoms with Crippen molar-refractivity contribution in [3.8, 4) is 0 Å². The normalized spacial score (nSPS) is 18.6. The molecule has 0 atom stereocenters. The number of hydrogen-bond acceptors (Lipinski definition) is 3. The zero-order valence-corrected chi connectivity index (χ0v) is 14.2. The van der Waals surface area contributed by atoms with Crippen molar-refractivity contribution in [1.82, 2.24) is 4.98 Å². The molecule has 0 aliphatic carbocycles. The quantitative estimate of drug-likeness (QED) is 0.923. The fraction of sp³-hybridized carbons (Fsp3) is 0.647. The van der Waals surface area contributed by atoms with E-state index in [4.69, 9.17) is 5.73 Å². The van der Waals surface area contributed by atoms with Crippen molar-refractivity contribution in [1.29, 1.82) is 0 Å². The van der Waals surface area contributed by atoms with E-state index in [2.05, 4.69) is 18.8 Å². The predicted molar refractivity (Wildman–Crippen MR) is 86.9 cm³/mol. The van der Waals surface area contributed by atoms with E-state index in [1.807, 2.05) is 4.90 Å². The summed E-state index contributed by atoms with van der Waals surface area (Å²) in [6.45, 7) is 8.23. The van der Waals surface area contributed by atoms with Gasteiger partial charge in [0.1, 0.15) is 5.82 Å². The molecule has 4 nitrogen and oxygen atoms in total. The van der Waals surface area contributed by atoms with Crippen LogP contribution >= 0.6 is 0 Å². The van der Waals surface area contributed by atoms with E-state index in [0.29, 0.717) is 5.82 Å². The lowest BCUT2D eigenvalue weighted by Crippen LogP contribution is -2.30. The van der Waals surface area contributed by atoms with Crippen molar-refractivity contribution in [2.45, 2.75) is 52.9 Å². The summed E-state index contributed by atoms with van der Waals surface area (Å²) in [6, 6.07) is 0. The maximum absolute atomic E-state index is 13.7. The Balaban J connectivity index is 2.47. The van der Waals surface area contributed by atoms with E-state index in [-0.39, 0.29) is 22.1 Å². The molecule has 2 N–H and O–H groups in total. The molecule has 1 aliphatic rings. The first kappa shape index (κ1) is 17.6. The van der Waals surface area contributed by atoms with E-state index in [0.717, 1.165) is 39.3 Å². The van der Waals surface area contributed by atoms with Crippen LogP contribution in [0.4, 0.5) is 14.6 Å². The van der Waals surface area contributed by atoms with Crippen LogP contribution in [0.1, 0.15) is 61.5 Å². The van der Waals surface area contributed by atoms with Crippen molar-refractivity contribution in [2.75, 3.05) is 18.0 Å². The minimum Gasteiger partial charge on any atom is -0.365 e. The summed E-state index contributed by atoms with van der Waals surface area (Å²) in [4.78, 5) is 18.1. The van der Waals surface area contributed by atoms with Gasteiger partial charge >= 0.3 is 0 Å². The minimum atomic E-state index is -3.05. The number of aromatic nitrogens is 1. The summed E-state index contributed by atoms with van der Waals surface area (Å²) < 4.78 is 27.4. The molecule has 0 unspecified atom stereocenters. The molecular weight excluding hydrogens is 300 g/mol. The minimum absolute atomic E-state index is 0.115. The number of hydrogen-bond donors (Lipinski definition) is 1. The Labute approximate surface area is 136 Å². The Morgan fingerprint density at radius 3 is 2.57 bits per heavy atom. The maximum atomic E-state index is 13.7. The molecule has 23 heavy (non-hydrogen) atoms. The Hall–Kier alpha value is -1.72. The predicted octanol–water partition coefficient (Wildman–Crippen LogP) is 3.62. The van der Waals surface area contributed by atoms with Gasteiger partial charge in [-0.2, -0.15) is 0 Å².